The molecule has 1 heterocycles. The average Bonchev–Trinajstić information content (AvgIpc) is 2.54. The van der Waals surface area contributed by atoms with Crippen LogP contribution in [-0.4, -0.2) is 30.1 Å². The van der Waals surface area contributed by atoms with Crippen LogP contribution in [0.4, 0.5) is 0 Å². The molecule has 1 aliphatic carbocycles. The molecule has 0 spiro atoms. The van der Waals surface area contributed by atoms with Crippen LogP contribution in [0.5, 0.6) is 0 Å². The summed E-state index contributed by atoms with van der Waals surface area (Å²) in [5.74, 6) is 0. The molecule has 1 aliphatic heterocycles. The Labute approximate surface area is 101 Å². The Morgan fingerprint density at radius 1 is 0.938 bits per heavy atom. The van der Waals surface area contributed by atoms with Crippen LogP contribution in [0.2, 0.25) is 0 Å². The first-order chi connectivity index (χ1) is 7.49. The van der Waals surface area contributed by atoms with E-state index in [4.69, 9.17) is 5.73 Å². The highest BCUT2D eigenvalue weighted by atomic mass is 15.1. The molecule has 16 heavy (non-hydrogen) atoms. The molecule has 0 amide bonds. The van der Waals surface area contributed by atoms with Gasteiger partial charge in [-0.2, -0.15) is 0 Å². The number of hydrogen-bond donors (Lipinski definition) is 1. The monoisotopic (exact) mass is 224 g/mol. The van der Waals surface area contributed by atoms with Crippen molar-refractivity contribution in [1.82, 2.24) is 4.90 Å². The summed E-state index contributed by atoms with van der Waals surface area (Å²) in [7, 11) is 0. The van der Waals surface area contributed by atoms with Crippen molar-refractivity contribution in [3.63, 3.8) is 0 Å². The maximum Gasteiger partial charge on any atom is 0.0283 e. The van der Waals surface area contributed by atoms with E-state index in [1.165, 1.54) is 58.0 Å². The first-order valence-corrected chi connectivity index (χ1v) is 7.01. The molecule has 1 saturated carbocycles. The quantitative estimate of drug-likeness (QED) is 0.781. The second-order valence-corrected chi connectivity index (χ2v) is 6.86. The minimum atomic E-state index is 0.147. The van der Waals surface area contributed by atoms with Crippen molar-refractivity contribution in [3.8, 4) is 0 Å². The van der Waals surface area contributed by atoms with Gasteiger partial charge in [-0.25, -0.2) is 0 Å². The lowest BCUT2D eigenvalue weighted by atomic mass is 9.85. The largest absolute Gasteiger partial charge is 0.324 e. The molecule has 2 heteroatoms. The van der Waals surface area contributed by atoms with E-state index in [2.05, 4.69) is 18.7 Å². The molecule has 0 unspecified atom stereocenters. The van der Waals surface area contributed by atoms with Gasteiger partial charge in [0.15, 0.2) is 0 Å². The normalized spacial score (nSPS) is 30.2. The van der Waals surface area contributed by atoms with Gasteiger partial charge in [0.1, 0.15) is 0 Å². The summed E-state index contributed by atoms with van der Waals surface area (Å²) in [6, 6.07) is 0. The van der Waals surface area contributed by atoms with Crippen molar-refractivity contribution in [2.45, 2.75) is 64.3 Å². The smallest absolute Gasteiger partial charge is 0.0283 e. The van der Waals surface area contributed by atoms with E-state index in [9.17, 15) is 0 Å². The van der Waals surface area contributed by atoms with Crippen LogP contribution in [0.15, 0.2) is 0 Å². The third-order valence-electron chi connectivity index (χ3n) is 4.57. The predicted molar refractivity (Wildman–Crippen MR) is 69.5 cm³/mol. The zero-order chi connectivity index (χ0) is 11.6. The van der Waals surface area contributed by atoms with Gasteiger partial charge >= 0.3 is 0 Å². The maximum atomic E-state index is 6.47. The van der Waals surface area contributed by atoms with Crippen LogP contribution in [0.25, 0.3) is 0 Å². The lowest BCUT2D eigenvalue weighted by Gasteiger charge is -2.32. The predicted octanol–water partition coefficient (Wildman–Crippen LogP) is 2.77. The van der Waals surface area contributed by atoms with Gasteiger partial charge in [-0.3, -0.25) is 0 Å². The molecule has 94 valence electrons. The van der Waals surface area contributed by atoms with Crippen LogP contribution < -0.4 is 5.73 Å². The molecule has 0 bridgehead atoms. The summed E-state index contributed by atoms with van der Waals surface area (Å²) < 4.78 is 0. The average molecular weight is 224 g/mol. The van der Waals surface area contributed by atoms with E-state index >= 15 is 0 Å². The third-order valence-corrected chi connectivity index (χ3v) is 4.57. The summed E-state index contributed by atoms with van der Waals surface area (Å²) in [5.41, 5.74) is 7.16. The molecule has 2 rings (SSSR count). The van der Waals surface area contributed by atoms with Gasteiger partial charge in [0, 0.05) is 12.1 Å². The molecule has 0 atom stereocenters. The van der Waals surface area contributed by atoms with Gasteiger partial charge in [-0.05, 0) is 50.6 Å². The van der Waals surface area contributed by atoms with Crippen molar-refractivity contribution in [2.24, 2.45) is 11.1 Å². The summed E-state index contributed by atoms with van der Waals surface area (Å²) in [5, 5.41) is 0. The van der Waals surface area contributed by atoms with Gasteiger partial charge in [-0.15, -0.1) is 0 Å². The first-order valence-electron chi connectivity index (χ1n) is 7.01. The maximum absolute atomic E-state index is 6.47. The molecule has 1 saturated heterocycles. The molecule has 2 nitrogen and oxygen atoms in total. The molecular weight excluding hydrogens is 196 g/mol. The van der Waals surface area contributed by atoms with Crippen LogP contribution in [-0.2, 0) is 0 Å². The molecule has 0 aromatic carbocycles. The van der Waals surface area contributed by atoms with E-state index in [0.29, 0.717) is 5.41 Å². The number of likely N-dealkylation sites (tertiary alicyclic amines) is 1. The zero-order valence-electron chi connectivity index (χ0n) is 11.1. The Hall–Kier alpha value is -0.0800. The Balaban J connectivity index is 1.86. The molecule has 2 N–H and O–H groups in total. The van der Waals surface area contributed by atoms with Gasteiger partial charge in [0.05, 0.1) is 0 Å². The minimum absolute atomic E-state index is 0.147. The Morgan fingerprint density at radius 3 is 2.31 bits per heavy atom. The second-order valence-electron chi connectivity index (χ2n) is 6.86. The van der Waals surface area contributed by atoms with Gasteiger partial charge in [-0.1, -0.05) is 26.7 Å². The topological polar surface area (TPSA) is 29.3 Å². The van der Waals surface area contributed by atoms with Crippen LogP contribution in [0.1, 0.15) is 58.8 Å². The van der Waals surface area contributed by atoms with Gasteiger partial charge in [0.2, 0.25) is 0 Å². The fraction of sp³-hybridized carbons (Fsp3) is 1.00. The number of nitrogens with zero attached hydrogens (tertiary/aromatic N) is 1. The highest BCUT2D eigenvalue weighted by molar-refractivity contribution is 4.92. The van der Waals surface area contributed by atoms with Crippen molar-refractivity contribution >= 4 is 0 Å². The van der Waals surface area contributed by atoms with Gasteiger partial charge in [0.25, 0.3) is 0 Å². The number of hydrogen-bond acceptors (Lipinski definition) is 2. The van der Waals surface area contributed by atoms with E-state index in [1.54, 1.807) is 0 Å². The Morgan fingerprint density at radius 2 is 1.62 bits per heavy atom. The summed E-state index contributed by atoms with van der Waals surface area (Å²) >= 11 is 0. The highest BCUT2D eigenvalue weighted by Crippen LogP contribution is 2.32. The SMILES string of the molecule is CC1(C)CCCN(CC2(N)CCCC2)CC1. The Kier molecular flexibility index (Phi) is 3.60. The van der Waals surface area contributed by atoms with E-state index in [0.717, 1.165) is 6.54 Å². The fourth-order valence-corrected chi connectivity index (χ4v) is 3.32. The standard InChI is InChI=1S/C14H28N2/c1-13(2)6-5-10-16(11-9-13)12-14(15)7-3-4-8-14/h3-12,15H2,1-2H3. The molecule has 0 aromatic heterocycles. The fourth-order valence-electron chi connectivity index (χ4n) is 3.32. The number of rotatable bonds is 2. The van der Waals surface area contributed by atoms with E-state index < -0.39 is 0 Å². The summed E-state index contributed by atoms with van der Waals surface area (Å²) in [6.45, 7) is 8.48. The molecule has 0 aromatic rings. The van der Waals surface area contributed by atoms with E-state index in [1.807, 2.05) is 0 Å². The van der Waals surface area contributed by atoms with Crippen molar-refractivity contribution in [1.29, 1.82) is 0 Å². The zero-order valence-corrected chi connectivity index (χ0v) is 11.1. The van der Waals surface area contributed by atoms with Crippen molar-refractivity contribution in [3.05, 3.63) is 0 Å². The lowest BCUT2D eigenvalue weighted by Crippen LogP contribution is -2.48. The molecule has 0 radical (unpaired) electrons. The molecule has 2 fully saturated rings. The molecule has 2 aliphatic rings. The van der Waals surface area contributed by atoms with Crippen molar-refractivity contribution in [2.75, 3.05) is 19.6 Å². The Bertz CT molecular complexity index is 229. The highest BCUT2D eigenvalue weighted by Gasteiger charge is 2.32. The second kappa shape index (κ2) is 4.66. The van der Waals surface area contributed by atoms with Crippen molar-refractivity contribution < 1.29 is 0 Å². The minimum Gasteiger partial charge on any atom is -0.324 e. The third kappa shape index (κ3) is 3.21. The van der Waals surface area contributed by atoms with Crippen LogP contribution in [0.3, 0.4) is 0 Å². The lowest BCUT2D eigenvalue weighted by molar-refractivity contribution is 0.207. The summed E-state index contributed by atoms with van der Waals surface area (Å²) in [6.07, 6.45) is 9.23. The first kappa shape index (κ1) is 12.4. The molecular formula is C14H28N2. The van der Waals surface area contributed by atoms with Crippen LogP contribution >= 0.6 is 0 Å². The van der Waals surface area contributed by atoms with Gasteiger partial charge < -0.3 is 10.6 Å². The van der Waals surface area contributed by atoms with E-state index in [-0.39, 0.29) is 5.54 Å². The number of nitrogens with two attached hydrogens (primary N) is 1. The van der Waals surface area contributed by atoms with Crippen LogP contribution in [0, 0.1) is 5.41 Å². The summed E-state index contributed by atoms with van der Waals surface area (Å²) in [4.78, 5) is 2.63.